The van der Waals surface area contributed by atoms with E-state index in [2.05, 4.69) is 22.7 Å². The van der Waals surface area contributed by atoms with Gasteiger partial charge in [-0.1, -0.05) is 12.1 Å². The Morgan fingerprint density at radius 3 is 2.62 bits per heavy atom. The Morgan fingerprint density at radius 1 is 1.33 bits per heavy atom. The highest BCUT2D eigenvalue weighted by Gasteiger charge is 2.13. The summed E-state index contributed by atoms with van der Waals surface area (Å²) in [7, 11) is 1.94. The number of benzene rings is 1. The quantitative estimate of drug-likeness (QED) is 0.907. The van der Waals surface area contributed by atoms with Crippen molar-refractivity contribution in [1.82, 2.24) is 9.78 Å². The minimum atomic E-state index is -0.0632. The molecule has 0 aliphatic heterocycles. The van der Waals surface area contributed by atoms with Gasteiger partial charge in [-0.15, -0.1) is 0 Å². The number of nitrogens with zero attached hydrogens (tertiary/aromatic N) is 2. The van der Waals surface area contributed by atoms with E-state index in [9.17, 15) is 4.79 Å². The number of hydrogen-bond donors (Lipinski definition) is 2. The Labute approximate surface area is 125 Å². The van der Waals surface area contributed by atoms with Crippen LogP contribution in [0.25, 0.3) is 0 Å². The molecule has 1 aromatic carbocycles. The summed E-state index contributed by atoms with van der Waals surface area (Å²) in [6.45, 7) is 7.65. The summed E-state index contributed by atoms with van der Waals surface area (Å²) in [5.74, 6) is -0.0632. The first-order chi connectivity index (χ1) is 9.88. The number of amides is 1. The average molecular weight is 286 g/mol. The first-order valence-corrected chi connectivity index (χ1v) is 7.02. The van der Waals surface area contributed by atoms with Crippen LogP contribution in [0.15, 0.2) is 24.3 Å². The molecule has 0 bridgehead atoms. The minimum absolute atomic E-state index is 0.0632. The zero-order valence-electron chi connectivity index (χ0n) is 13.2. The van der Waals surface area contributed by atoms with Crippen molar-refractivity contribution in [2.24, 2.45) is 7.05 Å². The van der Waals surface area contributed by atoms with Gasteiger partial charge in [0.1, 0.15) is 0 Å². The first-order valence-electron chi connectivity index (χ1n) is 7.02. The van der Waals surface area contributed by atoms with Crippen LogP contribution in [0.2, 0.25) is 0 Å². The number of aryl methyl sites for hydroxylation is 2. The number of aromatic nitrogens is 2. The van der Waals surface area contributed by atoms with Crippen LogP contribution in [0.3, 0.4) is 0 Å². The predicted octanol–water partition coefficient (Wildman–Crippen LogP) is 3.17. The molecular formula is C16H22N4O. The number of nitrogens with one attached hydrogen (secondary N) is 2. The van der Waals surface area contributed by atoms with E-state index in [1.807, 2.05) is 49.8 Å². The lowest BCUT2D eigenvalue weighted by molar-refractivity contribution is -0.114. The molecular weight excluding hydrogens is 264 g/mol. The molecule has 0 spiro atoms. The predicted molar refractivity (Wildman–Crippen MR) is 85.5 cm³/mol. The van der Waals surface area contributed by atoms with E-state index >= 15 is 0 Å². The molecule has 2 N–H and O–H groups in total. The van der Waals surface area contributed by atoms with Crippen LogP contribution in [-0.4, -0.2) is 15.7 Å². The normalized spacial score (nSPS) is 12.0. The summed E-state index contributed by atoms with van der Waals surface area (Å²) in [5, 5.41) is 10.7. The summed E-state index contributed by atoms with van der Waals surface area (Å²) >= 11 is 0. The average Bonchev–Trinajstić information content (AvgIpc) is 2.65. The molecule has 112 valence electrons. The third-order valence-electron chi connectivity index (χ3n) is 3.58. The minimum Gasteiger partial charge on any atom is -0.376 e. The van der Waals surface area contributed by atoms with E-state index in [0.717, 1.165) is 28.3 Å². The van der Waals surface area contributed by atoms with Crippen LogP contribution in [0.5, 0.6) is 0 Å². The molecule has 1 aromatic heterocycles. The number of anilines is 2. The van der Waals surface area contributed by atoms with Crippen molar-refractivity contribution in [2.45, 2.75) is 33.7 Å². The van der Waals surface area contributed by atoms with Crippen LogP contribution in [0.4, 0.5) is 11.4 Å². The van der Waals surface area contributed by atoms with Gasteiger partial charge >= 0.3 is 0 Å². The molecule has 1 unspecified atom stereocenters. The number of rotatable bonds is 4. The second-order valence-electron chi connectivity index (χ2n) is 5.34. The maximum absolute atomic E-state index is 11.1. The monoisotopic (exact) mass is 286 g/mol. The van der Waals surface area contributed by atoms with Gasteiger partial charge in [0.05, 0.1) is 17.1 Å². The highest BCUT2D eigenvalue weighted by molar-refractivity contribution is 5.88. The molecule has 0 aliphatic rings. The number of carbonyl (C=O) groups excluding carboxylic acids is 1. The van der Waals surface area contributed by atoms with E-state index < -0.39 is 0 Å². The second kappa shape index (κ2) is 5.99. The van der Waals surface area contributed by atoms with E-state index in [1.165, 1.54) is 6.92 Å². The standard InChI is InChI=1S/C16H22N4O/c1-10(17-16-11(2)19-20(5)12(16)3)14-7-6-8-15(9-14)18-13(4)21/h6-10,17H,1-5H3,(H,18,21). The van der Waals surface area contributed by atoms with Crippen molar-refractivity contribution in [3.05, 3.63) is 41.2 Å². The van der Waals surface area contributed by atoms with Gasteiger partial charge in [-0.2, -0.15) is 5.10 Å². The molecule has 5 nitrogen and oxygen atoms in total. The Kier molecular flexibility index (Phi) is 4.31. The molecule has 0 fully saturated rings. The van der Waals surface area contributed by atoms with Crippen molar-refractivity contribution >= 4 is 17.3 Å². The lowest BCUT2D eigenvalue weighted by Gasteiger charge is -2.17. The van der Waals surface area contributed by atoms with E-state index in [0.29, 0.717) is 0 Å². The van der Waals surface area contributed by atoms with Gasteiger partial charge in [0.25, 0.3) is 0 Å². The Morgan fingerprint density at radius 2 is 2.05 bits per heavy atom. The largest absolute Gasteiger partial charge is 0.376 e. The van der Waals surface area contributed by atoms with Gasteiger partial charge in [0.15, 0.2) is 0 Å². The summed E-state index contributed by atoms with van der Waals surface area (Å²) in [4.78, 5) is 11.1. The Hall–Kier alpha value is -2.30. The zero-order valence-corrected chi connectivity index (χ0v) is 13.2. The van der Waals surface area contributed by atoms with Crippen LogP contribution in [0, 0.1) is 13.8 Å². The molecule has 0 radical (unpaired) electrons. The zero-order chi connectivity index (χ0) is 15.6. The van der Waals surface area contributed by atoms with Crippen molar-refractivity contribution in [1.29, 1.82) is 0 Å². The molecule has 1 amide bonds. The molecule has 0 saturated heterocycles. The smallest absolute Gasteiger partial charge is 0.221 e. The van der Waals surface area contributed by atoms with E-state index in [-0.39, 0.29) is 11.9 Å². The van der Waals surface area contributed by atoms with Gasteiger partial charge < -0.3 is 10.6 Å². The lowest BCUT2D eigenvalue weighted by atomic mass is 10.1. The fourth-order valence-corrected chi connectivity index (χ4v) is 2.37. The molecule has 21 heavy (non-hydrogen) atoms. The molecule has 0 aliphatic carbocycles. The maximum Gasteiger partial charge on any atom is 0.221 e. The summed E-state index contributed by atoms with van der Waals surface area (Å²) in [6, 6.07) is 7.99. The lowest BCUT2D eigenvalue weighted by Crippen LogP contribution is -2.10. The van der Waals surface area contributed by atoms with E-state index in [4.69, 9.17) is 0 Å². The molecule has 2 rings (SSSR count). The topological polar surface area (TPSA) is 59.0 Å². The van der Waals surface area contributed by atoms with E-state index in [1.54, 1.807) is 0 Å². The van der Waals surface area contributed by atoms with Crippen LogP contribution < -0.4 is 10.6 Å². The van der Waals surface area contributed by atoms with Gasteiger partial charge in [-0.25, -0.2) is 0 Å². The fraction of sp³-hybridized carbons (Fsp3) is 0.375. The highest BCUT2D eigenvalue weighted by Crippen LogP contribution is 2.26. The number of carbonyl (C=O) groups is 1. The fourth-order valence-electron chi connectivity index (χ4n) is 2.37. The molecule has 1 atom stereocenters. The Bertz CT molecular complexity index is 660. The van der Waals surface area contributed by atoms with Gasteiger partial charge in [-0.3, -0.25) is 9.48 Å². The molecule has 2 aromatic rings. The van der Waals surface area contributed by atoms with Crippen molar-refractivity contribution < 1.29 is 4.79 Å². The van der Waals surface area contributed by atoms with Crippen LogP contribution in [0.1, 0.15) is 36.8 Å². The molecule has 0 saturated carbocycles. The van der Waals surface area contributed by atoms with Crippen molar-refractivity contribution in [3.8, 4) is 0 Å². The van der Waals surface area contributed by atoms with Crippen LogP contribution >= 0.6 is 0 Å². The summed E-state index contributed by atoms with van der Waals surface area (Å²) in [6.07, 6.45) is 0. The summed E-state index contributed by atoms with van der Waals surface area (Å²) in [5.41, 5.74) is 5.09. The van der Waals surface area contributed by atoms with Crippen molar-refractivity contribution in [3.63, 3.8) is 0 Å². The Balaban J connectivity index is 2.20. The number of hydrogen-bond acceptors (Lipinski definition) is 3. The SMILES string of the molecule is CC(=O)Nc1cccc(C(C)Nc2c(C)nn(C)c2C)c1. The van der Waals surface area contributed by atoms with Gasteiger partial charge in [-0.05, 0) is 38.5 Å². The first kappa shape index (κ1) is 15.1. The third kappa shape index (κ3) is 3.42. The second-order valence-corrected chi connectivity index (χ2v) is 5.34. The van der Waals surface area contributed by atoms with Gasteiger partial charge in [0, 0.05) is 25.7 Å². The van der Waals surface area contributed by atoms with Crippen molar-refractivity contribution in [2.75, 3.05) is 10.6 Å². The maximum atomic E-state index is 11.1. The highest BCUT2D eigenvalue weighted by atomic mass is 16.1. The third-order valence-corrected chi connectivity index (χ3v) is 3.58. The summed E-state index contributed by atoms with van der Waals surface area (Å²) < 4.78 is 1.87. The van der Waals surface area contributed by atoms with Crippen LogP contribution in [-0.2, 0) is 11.8 Å². The molecule has 5 heteroatoms. The van der Waals surface area contributed by atoms with Gasteiger partial charge in [0.2, 0.25) is 5.91 Å². The molecule has 1 heterocycles.